The summed E-state index contributed by atoms with van der Waals surface area (Å²) in [5.74, 6) is 0.600. The predicted octanol–water partition coefficient (Wildman–Crippen LogP) is 5.03. The lowest BCUT2D eigenvalue weighted by molar-refractivity contribution is -0.118. The molecule has 0 heterocycles. The summed E-state index contributed by atoms with van der Waals surface area (Å²) < 4.78 is 0. The van der Waals surface area contributed by atoms with Crippen molar-refractivity contribution >= 4 is 58.7 Å². The van der Waals surface area contributed by atoms with Crippen LogP contribution in [0.15, 0.2) is 47.6 Å². The Hall–Kier alpha value is -1.20. The first-order chi connectivity index (χ1) is 11.1. The Balaban J connectivity index is 1.79. The minimum Gasteiger partial charge on any atom is -0.272 e. The SMILES string of the molecule is O=C(CSCc1c(Cl)cccc1Cl)N/N=C\c1ccccc1Cl. The number of halogens is 3. The van der Waals surface area contributed by atoms with E-state index < -0.39 is 0 Å². The third kappa shape index (κ3) is 5.74. The fraction of sp³-hybridized carbons (Fsp3) is 0.125. The lowest BCUT2D eigenvalue weighted by Gasteiger charge is -2.06. The highest BCUT2D eigenvalue weighted by Crippen LogP contribution is 2.28. The van der Waals surface area contributed by atoms with Crippen molar-refractivity contribution in [2.45, 2.75) is 5.75 Å². The maximum atomic E-state index is 11.7. The number of carbonyl (C=O) groups is 1. The highest BCUT2D eigenvalue weighted by atomic mass is 35.5. The van der Waals surface area contributed by atoms with Gasteiger partial charge in [0.25, 0.3) is 0 Å². The molecule has 1 amide bonds. The Morgan fingerprint density at radius 3 is 2.39 bits per heavy atom. The lowest BCUT2D eigenvalue weighted by Crippen LogP contribution is -2.19. The predicted molar refractivity (Wildman–Crippen MR) is 99.8 cm³/mol. The monoisotopic (exact) mass is 386 g/mol. The second kappa shape index (κ2) is 9.18. The van der Waals surface area contributed by atoms with Gasteiger partial charge >= 0.3 is 0 Å². The molecule has 0 spiro atoms. The molecule has 120 valence electrons. The maximum absolute atomic E-state index is 11.7. The smallest absolute Gasteiger partial charge is 0.250 e. The summed E-state index contributed by atoms with van der Waals surface area (Å²) >= 11 is 19.6. The molecule has 0 radical (unpaired) electrons. The normalized spacial score (nSPS) is 10.9. The van der Waals surface area contributed by atoms with Crippen molar-refractivity contribution in [3.05, 3.63) is 68.7 Å². The van der Waals surface area contributed by atoms with Crippen molar-refractivity contribution in [1.82, 2.24) is 5.43 Å². The van der Waals surface area contributed by atoms with Crippen molar-refractivity contribution in [2.75, 3.05) is 5.75 Å². The van der Waals surface area contributed by atoms with Crippen LogP contribution in [0.1, 0.15) is 11.1 Å². The highest BCUT2D eigenvalue weighted by molar-refractivity contribution is 7.99. The molecule has 0 saturated heterocycles. The van der Waals surface area contributed by atoms with Crippen LogP contribution in [-0.2, 0) is 10.5 Å². The molecular weight excluding hydrogens is 375 g/mol. The van der Waals surface area contributed by atoms with Crippen LogP contribution in [0.3, 0.4) is 0 Å². The Morgan fingerprint density at radius 1 is 1.04 bits per heavy atom. The molecule has 2 aromatic carbocycles. The van der Waals surface area contributed by atoms with Gasteiger partial charge in [-0.25, -0.2) is 5.43 Å². The minimum absolute atomic E-state index is 0.207. The topological polar surface area (TPSA) is 41.5 Å². The number of rotatable bonds is 6. The Morgan fingerprint density at radius 2 is 1.70 bits per heavy atom. The highest BCUT2D eigenvalue weighted by Gasteiger charge is 2.07. The zero-order valence-electron chi connectivity index (χ0n) is 11.9. The first-order valence-electron chi connectivity index (χ1n) is 6.65. The molecule has 0 aliphatic rings. The van der Waals surface area contributed by atoms with Gasteiger partial charge in [-0.1, -0.05) is 59.1 Å². The van der Waals surface area contributed by atoms with Crippen molar-refractivity contribution in [1.29, 1.82) is 0 Å². The van der Waals surface area contributed by atoms with Crippen LogP contribution in [-0.4, -0.2) is 17.9 Å². The molecule has 0 fully saturated rings. The van der Waals surface area contributed by atoms with Crippen molar-refractivity contribution < 1.29 is 4.79 Å². The van der Waals surface area contributed by atoms with Gasteiger partial charge in [0, 0.05) is 26.4 Å². The molecule has 0 atom stereocenters. The van der Waals surface area contributed by atoms with E-state index >= 15 is 0 Å². The fourth-order valence-electron chi connectivity index (χ4n) is 1.70. The molecule has 23 heavy (non-hydrogen) atoms. The average Bonchev–Trinajstić information content (AvgIpc) is 2.52. The quantitative estimate of drug-likeness (QED) is 0.558. The number of benzene rings is 2. The number of carbonyl (C=O) groups excluding carboxylic acids is 1. The van der Waals surface area contributed by atoms with Crippen LogP contribution in [0, 0.1) is 0 Å². The average molecular weight is 388 g/mol. The molecule has 2 rings (SSSR count). The second-order valence-corrected chi connectivity index (χ2v) is 6.71. The Bertz CT molecular complexity index is 702. The molecule has 0 saturated carbocycles. The van der Waals surface area contributed by atoms with Gasteiger partial charge in [-0.05, 0) is 23.8 Å². The van der Waals surface area contributed by atoms with E-state index in [0.29, 0.717) is 20.8 Å². The molecule has 1 N–H and O–H groups in total. The summed E-state index contributed by atoms with van der Waals surface area (Å²) in [6.45, 7) is 0. The molecule has 0 unspecified atom stereocenters. The molecule has 0 aromatic heterocycles. The van der Waals surface area contributed by atoms with Crippen LogP contribution in [0.4, 0.5) is 0 Å². The van der Waals surface area contributed by atoms with Gasteiger partial charge in [-0.15, -0.1) is 11.8 Å². The van der Waals surface area contributed by atoms with Gasteiger partial charge in [0.15, 0.2) is 0 Å². The third-order valence-corrected chi connectivity index (χ3v) is 4.85. The third-order valence-electron chi connectivity index (χ3n) is 2.84. The van der Waals surface area contributed by atoms with Gasteiger partial charge < -0.3 is 0 Å². The summed E-state index contributed by atoms with van der Waals surface area (Å²) in [5.41, 5.74) is 4.03. The van der Waals surface area contributed by atoms with E-state index in [4.69, 9.17) is 34.8 Å². The van der Waals surface area contributed by atoms with Crippen molar-refractivity contribution in [2.24, 2.45) is 5.10 Å². The summed E-state index contributed by atoms with van der Waals surface area (Å²) in [6.07, 6.45) is 1.51. The number of hydrazone groups is 1. The van der Waals surface area contributed by atoms with E-state index in [0.717, 1.165) is 11.1 Å². The van der Waals surface area contributed by atoms with Crippen LogP contribution < -0.4 is 5.43 Å². The summed E-state index contributed by atoms with van der Waals surface area (Å²) in [5, 5.41) is 5.66. The summed E-state index contributed by atoms with van der Waals surface area (Å²) in [4.78, 5) is 11.7. The molecule has 0 aliphatic heterocycles. The number of nitrogens with zero attached hydrogens (tertiary/aromatic N) is 1. The van der Waals surface area contributed by atoms with Gasteiger partial charge in [-0.2, -0.15) is 5.10 Å². The first kappa shape index (κ1) is 18.1. The van der Waals surface area contributed by atoms with E-state index in [-0.39, 0.29) is 11.7 Å². The van der Waals surface area contributed by atoms with Gasteiger partial charge in [-0.3, -0.25) is 4.79 Å². The molecular formula is C16H13Cl3N2OS. The fourth-order valence-corrected chi connectivity index (χ4v) is 3.44. The van der Waals surface area contributed by atoms with Crippen LogP contribution in [0.2, 0.25) is 15.1 Å². The van der Waals surface area contributed by atoms with Gasteiger partial charge in [0.1, 0.15) is 0 Å². The van der Waals surface area contributed by atoms with Crippen LogP contribution >= 0.6 is 46.6 Å². The standard InChI is InChI=1S/C16H13Cl3N2OS/c17-13-5-2-1-4-11(13)8-20-21-16(22)10-23-9-12-14(18)6-3-7-15(12)19/h1-8H,9-10H2,(H,21,22)/b20-8-. The van der Waals surface area contributed by atoms with E-state index in [1.165, 1.54) is 18.0 Å². The van der Waals surface area contributed by atoms with E-state index in [9.17, 15) is 4.79 Å². The number of nitrogens with one attached hydrogen (secondary N) is 1. The molecule has 0 aliphatic carbocycles. The molecule has 2 aromatic rings. The van der Waals surface area contributed by atoms with E-state index in [2.05, 4.69) is 10.5 Å². The Labute approximate surface area is 154 Å². The lowest BCUT2D eigenvalue weighted by atomic mass is 10.2. The maximum Gasteiger partial charge on any atom is 0.250 e. The molecule has 3 nitrogen and oxygen atoms in total. The van der Waals surface area contributed by atoms with E-state index in [1.807, 2.05) is 18.2 Å². The number of thioether (sulfide) groups is 1. The summed E-state index contributed by atoms with van der Waals surface area (Å²) in [7, 11) is 0. The zero-order valence-corrected chi connectivity index (χ0v) is 15.0. The van der Waals surface area contributed by atoms with Crippen LogP contribution in [0.25, 0.3) is 0 Å². The van der Waals surface area contributed by atoms with Gasteiger partial charge in [0.2, 0.25) is 5.91 Å². The van der Waals surface area contributed by atoms with Crippen LogP contribution in [0.5, 0.6) is 0 Å². The second-order valence-electron chi connectivity index (χ2n) is 4.51. The first-order valence-corrected chi connectivity index (χ1v) is 8.94. The zero-order chi connectivity index (χ0) is 16.7. The largest absolute Gasteiger partial charge is 0.272 e. The minimum atomic E-state index is -0.207. The molecule has 7 heteroatoms. The number of hydrogen-bond acceptors (Lipinski definition) is 3. The summed E-state index contributed by atoms with van der Waals surface area (Å²) in [6, 6.07) is 12.6. The van der Waals surface area contributed by atoms with Crippen molar-refractivity contribution in [3.63, 3.8) is 0 Å². The van der Waals surface area contributed by atoms with Gasteiger partial charge in [0.05, 0.1) is 12.0 Å². The Kier molecular flexibility index (Phi) is 7.24. The van der Waals surface area contributed by atoms with Crippen molar-refractivity contribution in [3.8, 4) is 0 Å². The number of amides is 1. The number of hydrogen-bond donors (Lipinski definition) is 1. The molecule has 0 bridgehead atoms. The van der Waals surface area contributed by atoms with E-state index in [1.54, 1.807) is 24.3 Å².